The molecule has 1 fully saturated rings. The van der Waals surface area contributed by atoms with Crippen molar-refractivity contribution in [3.8, 4) is 34.0 Å². The quantitative estimate of drug-likeness (QED) is 0.246. The molecule has 6 nitrogen and oxygen atoms in total. The Morgan fingerprint density at radius 1 is 1.03 bits per heavy atom. The SMILES string of the molecule is CCCn1c(SCCCNC(=O)C2CCC2)nc(-c2ccc(OC)cc2)c1-c1ccc(OC)cc1. The summed E-state index contributed by atoms with van der Waals surface area (Å²) in [4.78, 5) is 17.2. The van der Waals surface area contributed by atoms with E-state index in [-0.39, 0.29) is 11.8 Å². The van der Waals surface area contributed by atoms with Crippen LogP contribution in [0.15, 0.2) is 53.7 Å². The number of imidazole rings is 1. The summed E-state index contributed by atoms with van der Waals surface area (Å²) in [6, 6.07) is 16.3. The fraction of sp³-hybridized carbons (Fsp3) is 0.429. The molecule has 1 N–H and O–H groups in total. The molecular formula is C28H35N3O3S. The van der Waals surface area contributed by atoms with Gasteiger partial charge in [-0.25, -0.2) is 4.98 Å². The van der Waals surface area contributed by atoms with Crippen LogP contribution in [0, 0.1) is 5.92 Å². The predicted molar refractivity (Wildman–Crippen MR) is 142 cm³/mol. The number of aromatic nitrogens is 2. The van der Waals surface area contributed by atoms with Crippen LogP contribution in [0.1, 0.15) is 39.0 Å². The maximum absolute atomic E-state index is 12.1. The summed E-state index contributed by atoms with van der Waals surface area (Å²) in [6.07, 6.45) is 5.18. The van der Waals surface area contributed by atoms with Crippen molar-refractivity contribution in [2.45, 2.75) is 50.7 Å². The Hall–Kier alpha value is -2.93. The minimum atomic E-state index is 0.220. The molecule has 1 heterocycles. The summed E-state index contributed by atoms with van der Waals surface area (Å²) in [5.41, 5.74) is 4.24. The number of carbonyl (C=O) groups is 1. The van der Waals surface area contributed by atoms with Crippen molar-refractivity contribution < 1.29 is 14.3 Å². The molecule has 0 atom stereocenters. The molecule has 1 aliphatic carbocycles. The summed E-state index contributed by atoms with van der Waals surface area (Å²) in [5, 5.41) is 4.11. The van der Waals surface area contributed by atoms with E-state index in [1.54, 1.807) is 26.0 Å². The number of hydrogen-bond donors (Lipinski definition) is 1. The topological polar surface area (TPSA) is 65.4 Å². The number of rotatable bonds is 12. The number of nitrogens with zero attached hydrogens (tertiary/aromatic N) is 2. The largest absolute Gasteiger partial charge is 0.497 e. The number of thioether (sulfide) groups is 1. The van der Waals surface area contributed by atoms with Gasteiger partial charge in [0.25, 0.3) is 0 Å². The summed E-state index contributed by atoms with van der Waals surface area (Å²) in [7, 11) is 3.36. The van der Waals surface area contributed by atoms with E-state index < -0.39 is 0 Å². The van der Waals surface area contributed by atoms with Gasteiger partial charge in [-0.15, -0.1) is 0 Å². The Morgan fingerprint density at radius 3 is 2.20 bits per heavy atom. The van der Waals surface area contributed by atoms with Crippen LogP contribution in [0.3, 0.4) is 0 Å². The fourth-order valence-electron chi connectivity index (χ4n) is 4.23. The zero-order valence-electron chi connectivity index (χ0n) is 20.9. The number of methoxy groups -OCH3 is 2. The molecule has 1 aromatic heterocycles. The molecule has 0 aliphatic heterocycles. The summed E-state index contributed by atoms with van der Waals surface area (Å²) in [6.45, 7) is 3.79. The number of ether oxygens (including phenoxy) is 2. The van der Waals surface area contributed by atoms with Crippen LogP contribution in [0.4, 0.5) is 0 Å². The van der Waals surface area contributed by atoms with Crippen molar-refractivity contribution >= 4 is 17.7 Å². The molecule has 1 saturated carbocycles. The van der Waals surface area contributed by atoms with Crippen LogP contribution in [0.5, 0.6) is 11.5 Å². The van der Waals surface area contributed by atoms with Gasteiger partial charge < -0.3 is 19.4 Å². The first-order valence-electron chi connectivity index (χ1n) is 12.4. The molecule has 0 radical (unpaired) electrons. The molecule has 1 aliphatic rings. The number of benzene rings is 2. The van der Waals surface area contributed by atoms with Crippen molar-refractivity contribution in [3.05, 3.63) is 48.5 Å². The fourth-order valence-corrected chi connectivity index (χ4v) is 5.19. The average Bonchev–Trinajstić information content (AvgIpc) is 3.21. The normalized spacial score (nSPS) is 13.3. The molecule has 0 spiro atoms. The molecule has 0 bridgehead atoms. The van der Waals surface area contributed by atoms with E-state index in [2.05, 4.69) is 41.1 Å². The first kappa shape index (κ1) is 25.2. The highest BCUT2D eigenvalue weighted by atomic mass is 32.2. The van der Waals surface area contributed by atoms with Crippen LogP contribution in [0.2, 0.25) is 0 Å². The third-order valence-electron chi connectivity index (χ3n) is 6.43. The van der Waals surface area contributed by atoms with Crippen LogP contribution < -0.4 is 14.8 Å². The van der Waals surface area contributed by atoms with Crippen molar-refractivity contribution in [2.75, 3.05) is 26.5 Å². The molecule has 0 unspecified atom stereocenters. The minimum absolute atomic E-state index is 0.220. The predicted octanol–water partition coefficient (Wildman–Crippen LogP) is 6.04. The molecule has 7 heteroatoms. The van der Waals surface area contributed by atoms with Gasteiger partial charge in [0.15, 0.2) is 5.16 Å². The molecule has 2 aromatic carbocycles. The van der Waals surface area contributed by atoms with Gasteiger partial charge in [0.1, 0.15) is 11.5 Å². The highest BCUT2D eigenvalue weighted by Gasteiger charge is 2.24. The molecular weight excluding hydrogens is 458 g/mol. The van der Waals surface area contributed by atoms with Gasteiger partial charge in [0.05, 0.1) is 25.6 Å². The Labute approximate surface area is 212 Å². The lowest BCUT2D eigenvalue weighted by atomic mass is 9.85. The number of nitrogens with one attached hydrogen (secondary N) is 1. The van der Waals surface area contributed by atoms with E-state index >= 15 is 0 Å². The number of carbonyl (C=O) groups excluding carboxylic acids is 1. The van der Waals surface area contributed by atoms with Crippen LogP contribution in [-0.4, -0.2) is 42.0 Å². The Balaban J connectivity index is 1.58. The molecule has 1 amide bonds. The van der Waals surface area contributed by atoms with Gasteiger partial charge in [-0.05, 0) is 74.2 Å². The Morgan fingerprint density at radius 2 is 1.66 bits per heavy atom. The number of hydrogen-bond acceptors (Lipinski definition) is 5. The van der Waals surface area contributed by atoms with E-state index in [1.165, 1.54) is 6.42 Å². The van der Waals surface area contributed by atoms with Gasteiger partial charge in [-0.3, -0.25) is 4.79 Å². The zero-order valence-corrected chi connectivity index (χ0v) is 21.7. The molecule has 0 saturated heterocycles. The van der Waals surface area contributed by atoms with E-state index in [4.69, 9.17) is 14.5 Å². The van der Waals surface area contributed by atoms with E-state index in [0.29, 0.717) is 6.54 Å². The molecule has 3 aromatic rings. The van der Waals surface area contributed by atoms with Gasteiger partial charge in [0.2, 0.25) is 5.91 Å². The van der Waals surface area contributed by atoms with Crippen molar-refractivity contribution in [1.29, 1.82) is 0 Å². The second-order valence-corrected chi connectivity index (χ2v) is 9.88. The molecule has 35 heavy (non-hydrogen) atoms. The van der Waals surface area contributed by atoms with E-state index in [1.807, 2.05) is 24.3 Å². The third-order valence-corrected chi connectivity index (χ3v) is 7.50. The van der Waals surface area contributed by atoms with E-state index in [0.717, 1.165) is 77.2 Å². The summed E-state index contributed by atoms with van der Waals surface area (Å²) >= 11 is 1.76. The Bertz CT molecular complexity index is 1110. The van der Waals surface area contributed by atoms with Crippen LogP contribution in [-0.2, 0) is 11.3 Å². The van der Waals surface area contributed by atoms with Gasteiger partial charge in [-0.2, -0.15) is 0 Å². The average molecular weight is 494 g/mol. The molecule has 186 valence electrons. The lowest BCUT2D eigenvalue weighted by Gasteiger charge is -2.23. The van der Waals surface area contributed by atoms with Crippen molar-refractivity contribution in [1.82, 2.24) is 14.9 Å². The van der Waals surface area contributed by atoms with Crippen LogP contribution in [0.25, 0.3) is 22.5 Å². The maximum atomic E-state index is 12.1. The third kappa shape index (κ3) is 6.01. The van der Waals surface area contributed by atoms with Gasteiger partial charge in [0, 0.05) is 35.9 Å². The Kier molecular flexibility index (Phi) is 8.74. The standard InChI is InChI=1S/C28H35N3O3S/c1-4-18-31-26(21-11-15-24(34-3)16-12-21)25(20-9-13-23(33-2)14-10-20)30-28(31)35-19-6-17-29-27(32)22-7-5-8-22/h9-16,22H,4-8,17-19H2,1-3H3,(H,29,32). The van der Waals surface area contributed by atoms with Crippen LogP contribution >= 0.6 is 11.8 Å². The lowest BCUT2D eigenvalue weighted by molar-refractivity contribution is -0.127. The highest BCUT2D eigenvalue weighted by molar-refractivity contribution is 7.99. The van der Waals surface area contributed by atoms with Gasteiger partial charge >= 0.3 is 0 Å². The molecule has 4 rings (SSSR count). The summed E-state index contributed by atoms with van der Waals surface area (Å²) < 4.78 is 13.1. The first-order valence-corrected chi connectivity index (χ1v) is 13.4. The summed E-state index contributed by atoms with van der Waals surface area (Å²) in [5.74, 6) is 3.02. The second-order valence-electron chi connectivity index (χ2n) is 8.82. The monoisotopic (exact) mass is 493 g/mol. The number of amides is 1. The van der Waals surface area contributed by atoms with E-state index in [9.17, 15) is 4.79 Å². The second kappa shape index (κ2) is 12.2. The van der Waals surface area contributed by atoms with Crippen molar-refractivity contribution in [3.63, 3.8) is 0 Å². The maximum Gasteiger partial charge on any atom is 0.223 e. The van der Waals surface area contributed by atoms with Crippen molar-refractivity contribution in [2.24, 2.45) is 5.92 Å². The first-order chi connectivity index (χ1) is 17.1. The zero-order chi connectivity index (χ0) is 24.6. The lowest BCUT2D eigenvalue weighted by Crippen LogP contribution is -2.35. The smallest absolute Gasteiger partial charge is 0.223 e. The minimum Gasteiger partial charge on any atom is -0.497 e. The van der Waals surface area contributed by atoms with Gasteiger partial charge in [-0.1, -0.05) is 25.1 Å². The highest BCUT2D eigenvalue weighted by Crippen LogP contribution is 2.37.